The molecule has 0 fully saturated rings. The van der Waals surface area contributed by atoms with Crippen LogP contribution in [0.1, 0.15) is 5.56 Å². The van der Waals surface area contributed by atoms with E-state index in [0.29, 0.717) is 16.7 Å². The molecule has 0 spiro atoms. The number of hydrogen-bond donors (Lipinski definition) is 3. The average Bonchev–Trinajstić information content (AvgIpc) is 2.47. The summed E-state index contributed by atoms with van der Waals surface area (Å²) in [6.07, 6.45) is 1.38. The lowest BCUT2D eigenvalue weighted by Crippen LogP contribution is -2.00. The molecule has 0 radical (unpaired) electrons. The summed E-state index contributed by atoms with van der Waals surface area (Å²) in [7, 11) is 0. The summed E-state index contributed by atoms with van der Waals surface area (Å²) in [5, 5.41) is 9.44. The Balaban J connectivity index is 2.82. The van der Waals surface area contributed by atoms with Gasteiger partial charge in [0.05, 0.1) is 18.3 Å². The number of nitrogens with zero attached hydrogens (tertiary/aromatic N) is 2. The lowest BCUT2D eigenvalue weighted by atomic mass is 10.2. The van der Waals surface area contributed by atoms with Crippen LogP contribution in [0.2, 0.25) is 0 Å². The van der Waals surface area contributed by atoms with Crippen LogP contribution >= 0.6 is 0 Å². The van der Waals surface area contributed by atoms with Crippen LogP contribution in [0.5, 0.6) is 0 Å². The van der Waals surface area contributed by atoms with Crippen molar-refractivity contribution < 1.29 is 9.52 Å². The first-order chi connectivity index (χ1) is 6.22. The predicted molar refractivity (Wildman–Crippen MR) is 46.6 cm³/mol. The molecule has 0 aliphatic rings. The molecule has 0 aromatic carbocycles. The first-order valence-corrected chi connectivity index (χ1v) is 3.62. The molecule has 2 heterocycles. The van der Waals surface area contributed by atoms with Crippen LogP contribution in [0, 0.1) is 0 Å². The molecule has 0 aliphatic heterocycles. The quantitative estimate of drug-likeness (QED) is 0.564. The first kappa shape index (κ1) is 7.81. The maximum atomic E-state index is 8.92. The van der Waals surface area contributed by atoms with Gasteiger partial charge in [-0.05, 0) is 0 Å². The second-order valence-corrected chi connectivity index (χ2v) is 2.57. The largest absolute Gasteiger partial charge is 0.445 e. The van der Waals surface area contributed by atoms with Crippen molar-refractivity contribution in [2.45, 2.75) is 6.61 Å². The van der Waals surface area contributed by atoms with Crippen molar-refractivity contribution in [2.75, 3.05) is 11.5 Å². The van der Waals surface area contributed by atoms with E-state index in [1.165, 1.54) is 6.26 Å². The molecule has 2 rings (SSSR count). The smallest absolute Gasteiger partial charge is 0.233 e. The van der Waals surface area contributed by atoms with Crippen molar-refractivity contribution in [2.24, 2.45) is 0 Å². The molecule has 68 valence electrons. The van der Waals surface area contributed by atoms with Crippen molar-refractivity contribution in [3.63, 3.8) is 0 Å². The third-order valence-electron chi connectivity index (χ3n) is 1.73. The molecule has 13 heavy (non-hydrogen) atoms. The summed E-state index contributed by atoms with van der Waals surface area (Å²) in [4.78, 5) is 7.57. The van der Waals surface area contributed by atoms with Gasteiger partial charge in [-0.25, -0.2) is 0 Å². The molecule has 0 bridgehead atoms. The maximum Gasteiger partial charge on any atom is 0.233 e. The fourth-order valence-corrected chi connectivity index (χ4v) is 1.16. The van der Waals surface area contributed by atoms with Crippen LogP contribution in [0.25, 0.3) is 11.1 Å². The molecule has 2 aromatic rings. The van der Waals surface area contributed by atoms with E-state index in [1.54, 1.807) is 0 Å². The molecular weight excluding hydrogens is 172 g/mol. The molecule has 0 saturated carbocycles. The molecule has 0 atom stereocenters. The lowest BCUT2D eigenvalue weighted by molar-refractivity contribution is 0.282. The molecule has 5 N–H and O–H groups in total. The number of nitrogens with two attached hydrogens (primary N) is 2. The average molecular weight is 180 g/mol. The third kappa shape index (κ3) is 1.07. The first-order valence-electron chi connectivity index (χ1n) is 3.62. The summed E-state index contributed by atoms with van der Waals surface area (Å²) in [6, 6.07) is 0. The lowest BCUT2D eigenvalue weighted by Gasteiger charge is -1.97. The monoisotopic (exact) mass is 180 g/mol. The maximum absolute atomic E-state index is 8.92. The van der Waals surface area contributed by atoms with E-state index in [9.17, 15) is 0 Å². The zero-order chi connectivity index (χ0) is 9.42. The Hall–Kier alpha value is -1.82. The molecule has 0 unspecified atom stereocenters. The van der Waals surface area contributed by atoms with Gasteiger partial charge < -0.3 is 21.0 Å². The van der Waals surface area contributed by atoms with Gasteiger partial charge in [0.1, 0.15) is 5.82 Å². The van der Waals surface area contributed by atoms with Crippen LogP contribution in [0.3, 0.4) is 0 Å². The van der Waals surface area contributed by atoms with E-state index < -0.39 is 0 Å². The van der Waals surface area contributed by atoms with E-state index in [4.69, 9.17) is 21.0 Å². The number of furan rings is 1. The van der Waals surface area contributed by atoms with E-state index in [-0.39, 0.29) is 18.4 Å². The summed E-state index contributed by atoms with van der Waals surface area (Å²) in [6.45, 7) is -0.162. The molecule has 0 amide bonds. The minimum absolute atomic E-state index is 0.0591. The Morgan fingerprint density at radius 3 is 2.85 bits per heavy atom. The minimum Gasteiger partial charge on any atom is -0.445 e. The van der Waals surface area contributed by atoms with Gasteiger partial charge in [-0.1, -0.05) is 0 Å². The Kier molecular flexibility index (Phi) is 1.56. The van der Waals surface area contributed by atoms with Crippen LogP contribution in [0.4, 0.5) is 11.8 Å². The highest BCUT2D eigenvalue weighted by Crippen LogP contribution is 2.24. The van der Waals surface area contributed by atoms with Gasteiger partial charge in [0.2, 0.25) is 11.7 Å². The van der Waals surface area contributed by atoms with Crippen molar-refractivity contribution in [3.8, 4) is 0 Å². The second kappa shape index (κ2) is 2.60. The van der Waals surface area contributed by atoms with Crippen LogP contribution in [-0.4, -0.2) is 15.1 Å². The second-order valence-electron chi connectivity index (χ2n) is 2.57. The standard InChI is InChI=1S/C7H8N4O2/c8-5-4-3(1-12)2-13-6(4)11-7(9)10-5/h2,12H,1H2,(H4,8,9,10,11). The predicted octanol–water partition coefficient (Wildman–Crippen LogP) is -0.120. The SMILES string of the molecule is Nc1nc(N)c2c(CO)coc2n1. The van der Waals surface area contributed by atoms with Crippen molar-refractivity contribution >= 4 is 22.9 Å². The van der Waals surface area contributed by atoms with Gasteiger partial charge in [0.25, 0.3) is 0 Å². The molecular formula is C7H8N4O2. The van der Waals surface area contributed by atoms with Gasteiger partial charge in [-0.15, -0.1) is 0 Å². The van der Waals surface area contributed by atoms with E-state index in [1.807, 2.05) is 0 Å². The van der Waals surface area contributed by atoms with Gasteiger partial charge in [0, 0.05) is 5.56 Å². The number of hydrogen-bond acceptors (Lipinski definition) is 6. The number of anilines is 2. The Morgan fingerprint density at radius 2 is 2.15 bits per heavy atom. The number of fused-ring (bicyclic) bond motifs is 1. The highest BCUT2D eigenvalue weighted by atomic mass is 16.3. The number of nitrogen functional groups attached to an aromatic ring is 2. The number of aliphatic hydroxyl groups is 1. The summed E-state index contributed by atoms with van der Waals surface area (Å²) in [5.74, 6) is 0.282. The van der Waals surface area contributed by atoms with Gasteiger partial charge >= 0.3 is 0 Å². The highest BCUT2D eigenvalue weighted by molar-refractivity contribution is 5.88. The van der Waals surface area contributed by atoms with E-state index in [0.717, 1.165) is 0 Å². The summed E-state index contributed by atoms with van der Waals surface area (Å²) < 4.78 is 5.03. The normalized spacial score (nSPS) is 10.8. The Morgan fingerprint density at radius 1 is 1.38 bits per heavy atom. The molecule has 2 aromatic heterocycles. The fraction of sp³-hybridized carbons (Fsp3) is 0.143. The zero-order valence-corrected chi connectivity index (χ0v) is 6.69. The molecule has 6 nitrogen and oxygen atoms in total. The van der Waals surface area contributed by atoms with Crippen LogP contribution < -0.4 is 11.5 Å². The number of aromatic nitrogens is 2. The van der Waals surface area contributed by atoms with Gasteiger partial charge in [-0.2, -0.15) is 9.97 Å². The van der Waals surface area contributed by atoms with Crippen molar-refractivity contribution in [3.05, 3.63) is 11.8 Å². The third-order valence-corrected chi connectivity index (χ3v) is 1.73. The minimum atomic E-state index is -0.162. The summed E-state index contributed by atoms with van der Waals surface area (Å²) >= 11 is 0. The van der Waals surface area contributed by atoms with Crippen molar-refractivity contribution in [1.29, 1.82) is 0 Å². The molecule has 0 aliphatic carbocycles. The highest BCUT2D eigenvalue weighted by Gasteiger charge is 2.11. The Bertz CT molecular complexity index is 451. The van der Waals surface area contributed by atoms with E-state index in [2.05, 4.69) is 9.97 Å². The zero-order valence-electron chi connectivity index (χ0n) is 6.69. The van der Waals surface area contributed by atoms with Crippen LogP contribution in [0.15, 0.2) is 10.7 Å². The number of rotatable bonds is 1. The Labute approximate surface area is 73.2 Å². The van der Waals surface area contributed by atoms with Crippen molar-refractivity contribution in [1.82, 2.24) is 9.97 Å². The summed E-state index contributed by atoms with van der Waals surface area (Å²) in [5.41, 5.74) is 11.8. The van der Waals surface area contributed by atoms with E-state index >= 15 is 0 Å². The van der Waals surface area contributed by atoms with Crippen LogP contribution in [-0.2, 0) is 6.61 Å². The molecule has 6 heteroatoms. The topological polar surface area (TPSA) is 111 Å². The van der Waals surface area contributed by atoms with Gasteiger partial charge in [-0.3, -0.25) is 0 Å². The number of aliphatic hydroxyl groups excluding tert-OH is 1. The molecule has 0 saturated heterocycles. The fourth-order valence-electron chi connectivity index (χ4n) is 1.16. The van der Waals surface area contributed by atoms with Gasteiger partial charge in [0.15, 0.2) is 0 Å².